The molecule has 1 unspecified atom stereocenters. The molecule has 1 atom stereocenters. The largest absolute Gasteiger partial charge is 0.507 e. The first-order valence-corrected chi connectivity index (χ1v) is 9.43. The second kappa shape index (κ2) is 8.04. The van der Waals surface area contributed by atoms with E-state index in [2.05, 4.69) is 4.98 Å². The predicted octanol–water partition coefficient (Wildman–Crippen LogP) is 3.96. The van der Waals surface area contributed by atoms with Crippen molar-refractivity contribution in [3.05, 3.63) is 88.6 Å². The number of carbonyl (C=O) groups is 2. The van der Waals surface area contributed by atoms with Crippen LogP contribution in [0.15, 0.2) is 71.1 Å². The molecule has 7 nitrogen and oxygen atoms in total. The van der Waals surface area contributed by atoms with Crippen LogP contribution in [-0.2, 0) is 16.1 Å². The van der Waals surface area contributed by atoms with Gasteiger partial charge in [-0.25, -0.2) is 0 Å². The van der Waals surface area contributed by atoms with Gasteiger partial charge in [0.2, 0.25) is 0 Å². The number of methoxy groups -OCH3 is 1. The molecule has 3 aromatic rings. The first-order valence-electron chi connectivity index (χ1n) is 9.06. The Labute approximate surface area is 177 Å². The number of aliphatic hydroxyl groups is 1. The van der Waals surface area contributed by atoms with Gasteiger partial charge >= 0.3 is 0 Å². The van der Waals surface area contributed by atoms with Gasteiger partial charge in [-0.05, 0) is 42.0 Å². The van der Waals surface area contributed by atoms with Crippen LogP contribution in [0.3, 0.4) is 0 Å². The first-order chi connectivity index (χ1) is 14.5. The van der Waals surface area contributed by atoms with Gasteiger partial charge in [0, 0.05) is 18.0 Å². The fraction of sp³-hybridized carbons (Fsp3) is 0.136. The van der Waals surface area contributed by atoms with Crippen LogP contribution < -0.4 is 4.74 Å². The van der Waals surface area contributed by atoms with Gasteiger partial charge in [-0.2, -0.15) is 0 Å². The number of benzene rings is 1. The van der Waals surface area contributed by atoms with Crippen molar-refractivity contribution in [1.29, 1.82) is 0 Å². The summed E-state index contributed by atoms with van der Waals surface area (Å²) < 4.78 is 10.5. The highest BCUT2D eigenvalue weighted by Crippen LogP contribution is 2.40. The lowest BCUT2D eigenvalue weighted by Crippen LogP contribution is -2.29. The van der Waals surface area contributed by atoms with Gasteiger partial charge in [0.15, 0.2) is 0 Å². The highest BCUT2D eigenvalue weighted by Gasteiger charge is 2.46. The zero-order chi connectivity index (χ0) is 21.3. The van der Waals surface area contributed by atoms with Crippen LogP contribution in [0.5, 0.6) is 5.75 Å². The van der Waals surface area contributed by atoms with Crippen LogP contribution in [-0.4, -0.2) is 33.8 Å². The van der Waals surface area contributed by atoms with Crippen LogP contribution in [0.2, 0.25) is 5.02 Å². The normalized spacial score (nSPS) is 18.1. The van der Waals surface area contributed by atoms with E-state index in [9.17, 15) is 14.7 Å². The van der Waals surface area contributed by atoms with Gasteiger partial charge in [0.25, 0.3) is 11.7 Å². The summed E-state index contributed by atoms with van der Waals surface area (Å²) in [5.74, 6) is -0.913. The number of pyridine rings is 1. The number of hydrogen-bond acceptors (Lipinski definition) is 6. The fourth-order valence-corrected chi connectivity index (χ4v) is 3.72. The van der Waals surface area contributed by atoms with Gasteiger partial charge in [-0.1, -0.05) is 17.7 Å². The second-order valence-corrected chi connectivity index (χ2v) is 7.05. The number of ether oxygens (including phenoxy) is 1. The van der Waals surface area contributed by atoms with Crippen molar-refractivity contribution in [2.75, 3.05) is 7.11 Å². The summed E-state index contributed by atoms with van der Waals surface area (Å²) in [6.07, 6.45) is 4.63. The summed E-state index contributed by atoms with van der Waals surface area (Å²) in [7, 11) is 1.48. The number of Topliss-reactive ketones (excluding diaryl/α,β-unsaturated/α-hetero) is 1. The minimum atomic E-state index is -0.829. The molecule has 0 spiro atoms. The van der Waals surface area contributed by atoms with E-state index in [4.69, 9.17) is 20.8 Å². The Kier molecular flexibility index (Phi) is 5.29. The molecule has 1 N–H and O–H groups in total. The quantitative estimate of drug-likeness (QED) is 0.378. The number of halogens is 1. The van der Waals surface area contributed by atoms with Crippen molar-refractivity contribution < 1.29 is 23.8 Å². The van der Waals surface area contributed by atoms with Gasteiger partial charge in [0.05, 0.1) is 36.6 Å². The van der Waals surface area contributed by atoms with Crippen LogP contribution >= 0.6 is 11.6 Å². The van der Waals surface area contributed by atoms with Crippen molar-refractivity contribution in [2.24, 2.45) is 0 Å². The average Bonchev–Trinajstić information content (AvgIpc) is 3.36. The van der Waals surface area contributed by atoms with Gasteiger partial charge in [-0.3, -0.25) is 14.6 Å². The Hall–Kier alpha value is -3.58. The summed E-state index contributed by atoms with van der Waals surface area (Å²) in [5.41, 5.74) is 0.843. The molecule has 1 aliphatic heterocycles. The zero-order valence-electron chi connectivity index (χ0n) is 15.9. The van der Waals surface area contributed by atoms with Crippen molar-refractivity contribution in [3.8, 4) is 5.75 Å². The van der Waals surface area contributed by atoms with Crippen molar-refractivity contribution >= 4 is 29.1 Å². The molecule has 0 saturated carbocycles. The third-order valence-corrected chi connectivity index (χ3v) is 5.17. The number of rotatable bonds is 5. The topological polar surface area (TPSA) is 92.9 Å². The number of aromatic nitrogens is 1. The molecular formula is C22H17ClN2O5. The molecule has 2 aromatic heterocycles. The Balaban J connectivity index is 1.85. The molecule has 1 amide bonds. The third kappa shape index (κ3) is 3.44. The Morgan fingerprint density at radius 3 is 2.73 bits per heavy atom. The van der Waals surface area contributed by atoms with E-state index in [0.29, 0.717) is 22.6 Å². The van der Waals surface area contributed by atoms with Crippen molar-refractivity contribution in [1.82, 2.24) is 9.88 Å². The maximum Gasteiger partial charge on any atom is 0.296 e. The number of nitrogens with zero attached hydrogens (tertiary/aromatic N) is 2. The number of amides is 1. The molecule has 8 heteroatoms. The Morgan fingerprint density at radius 1 is 1.27 bits per heavy atom. The molecule has 0 radical (unpaired) electrons. The SMILES string of the molecule is COc1ccc(/C(O)=C2/C(=O)C(=O)N(Cc3ccco3)C2c2cccnc2)cc1Cl. The van der Waals surface area contributed by atoms with E-state index in [1.165, 1.54) is 24.3 Å². The minimum absolute atomic E-state index is 0.0409. The fourth-order valence-electron chi connectivity index (χ4n) is 3.47. The number of ketones is 1. The molecule has 1 saturated heterocycles. The third-order valence-electron chi connectivity index (χ3n) is 4.87. The maximum absolute atomic E-state index is 12.9. The van der Waals surface area contributed by atoms with Crippen LogP contribution in [0.1, 0.15) is 22.9 Å². The molecule has 30 heavy (non-hydrogen) atoms. The molecule has 1 fully saturated rings. The second-order valence-electron chi connectivity index (χ2n) is 6.64. The molecule has 3 heterocycles. The van der Waals surface area contributed by atoms with Crippen molar-refractivity contribution in [3.63, 3.8) is 0 Å². The molecule has 4 rings (SSSR count). The molecule has 0 bridgehead atoms. The van der Waals surface area contributed by atoms with E-state index in [1.54, 1.807) is 48.8 Å². The summed E-state index contributed by atoms with van der Waals surface area (Å²) in [4.78, 5) is 31.2. The Bertz CT molecular complexity index is 1130. The van der Waals surface area contributed by atoms with E-state index in [-0.39, 0.29) is 22.9 Å². The summed E-state index contributed by atoms with van der Waals surface area (Å²) in [6.45, 7) is 0.0667. The highest BCUT2D eigenvalue weighted by molar-refractivity contribution is 6.46. The number of carbonyl (C=O) groups excluding carboxylic acids is 2. The molecule has 1 aliphatic rings. The predicted molar refractivity (Wildman–Crippen MR) is 109 cm³/mol. The maximum atomic E-state index is 12.9. The van der Waals surface area contributed by atoms with E-state index in [1.807, 2.05) is 0 Å². The summed E-state index contributed by atoms with van der Waals surface area (Å²) in [6, 6.07) is 10.7. The first kappa shape index (κ1) is 19.7. The van der Waals surface area contributed by atoms with E-state index < -0.39 is 17.7 Å². The average molecular weight is 425 g/mol. The molecule has 1 aromatic carbocycles. The zero-order valence-corrected chi connectivity index (χ0v) is 16.7. The smallest absolute Gasteiger partial charge is 0.296 e. The number of likely N-dealkylation sites (tertiary alicyclic amines) is 1. The van der Waals surface area contributed by atoms with Gasteiger partial charge < -0.3 is 19.2 Å². The Morgan fingerprint density at radius 2 is 2.10 bits per heavy atom. The van der Waals surface area contributed by atoms with Crippen LogP contribution in [0.25, 0.3) is 5.76 Å². The lowest BCUT2D eigenvalue weighted by molar-refractivity contribution is -0.140. The number of hydrogen-bond donors (Lipinski definition) is 1. The van der Waals surface area contributed by atoms with Crippen LogP contribution in [0, 0.1) is 0 Å². The van der Waals surface area contributed by atoms with Crippen molar-refractivity contribution in [2.45, 2.75) is 12.6 Å². The number of aliphatic hydroxyl groups excluding tert-OH is 1. The number of furan rings is 1. The van der Waals surface area contributed by atoms with E-state index >= 15 is 0 Å². The van der Waals surface area contributed by atoms with Gasteiger partial charge in [-0.15, -0.1) is 0 Å². The molecular weight excluding hydrogens is 408 g/mol. The molecule has 0 aliphatic carbocycles. The standard InChI is InChI=1S/C22H17ClN2O5/c1-29-17-7-6-13(10-16(17)23)20(26)18-19(14-4-2-8-24-11-14)25(22(28)21(18)27)12-15-5-3-9-30-15/h2-11,19,26H,12H2,1H3/b20-18-. The minimum Gasteiger partial charge on any atom is -0.507 e. The molecule has 152 valence electrons. The van der Waals surface area contributed by atoms with E-state index in [0.717, 1.165) is 0 Å². The monoisotopic (exact) mass is 424 g/mol. The lowest BCUT2D eigenvalue weighted by atomic mass is 9.96. The van der Waals surface area contributed by atoms with Gasteiger partial charge in [0.1, 0.15) is 17.3 Å². The highest BCUT2D eigenvalue weighted by atomic mass is 35.5. The van der Waals surface area contributed by atoms with Crippen LogP contribution in [0.4, 0.5) is 0 Å². The lowest BCUT2D eigenvalue weighted by Gasteiger charge is -2.24. The summed E-state index contributed by atoms with van der Waals surface area (Å²) in [5, 5.41) is 11.3. The summed E-state index contributed by atoms with van der Waals surface area (Å²) >= 11 is 6.18.